The van der Waals surface area contributed by atoms with E-state index in [0.29, 0.717) is 18.3 Å². The Hall–Kier alpha value is -2.41. The van der Waals surface area contributed by atoms with Crippen LogP contribution in [0.15, 0.2) is 48.5 Å². The average molecular weight is 352 g/mol. The van der Waals surface area contributed by atoms with Crippen molar-refractivity contribution in [3.05, 3.63) is 54.1 Å². The second kappa shape index (κ2) is 9.02. The number of hydrogen-bond acceptors (Lipinski definition) is 3. The molecule has 2 aromatic rings. The fourth-order valence-electron chi connectivity index (χ4n) is 1.99. The molecule has 24 heavy (non-hydrogen) atoms. The van der Waals surface area contributed by atoms with Crippen LogP contribution in [0.3, 0.4) is 0 Å². The first-order valence-corrected chi connectivity index (χ1v) is 7.79. The summed E-state index contributed by atoms with van der Waals surface area (Å²) in [6.45, 7) is 0.106. The number of thiocarbonyl (C=S) groups is 1. The third-order valence-electron chi connectivity index (χ3n) is 3.04. The lowest BCUT2D eigenvalue weighted by Gasteiger charge is -2.14. The predicted molar refractivity (Wildman–Crippen MR) is 93.7 cm³/mol. The van der Waals surface area contributed by atoms with Crippen LogP contribution in [0.4, 0.5) is 14.5 Å². The van der Waals surface area contributed by atoms with Gasteiger partial charge in [-0.15, -0.1) is 0 Å². The lowest BCUT2D eigenvalue weighted by Crippen LogP contribution is -2.28. The number of ether oxygens (including phenoxy) is 2. The highest BCUT2D eigenvalue weighted by Gasteiger charge is 2.06. The number of halogens is 2. The molecule has 0 heterocycles. The van der Waals surface area contributed by atoms with Crippen LogP contribution in [0.5, 0.6) is 11.5 Å². The van der Waals surface area contributed by atoms with E-state index in [9.17, 15) is 8.78 Å². The van der Waals surface area contributed by atoms with Gasteiger partial charge in [0.05, 0.1) is 12.3 Å². The van der Waals surface area contributed by atoms with Crippen LogP contribution in [0.1, 0.15) is 12.5 Å². The summed E-state index contributed by atoms with van der Waals surface area (Å²) in [7, 11) is 0. The molecule has 2 N–H and O–H groups in total. The Morgan fingerprint density at radius 3 is 2.50 bits per heavy atom. The fraction of sp³-hybridized carbons (Fsp3) is 0.235. The summed E-state index contributed by atoms with van der Waals surface area (Å²) >= 11 is 5.26. The largest absolute Gasteiger partial charge is 0.492 e. The minimum absolute atomic E-state index is 0.125. The number of benzene rings is 2. The van der Waals surface area contributed by atoms with Crippen molar-refractivity contribution in [2.45, 2.75) is 20.1 Å². The Kier molecular flexibility index (Phi) is 6.74. The summed E-state index contributed by atoms with van der Waals surface area (Å²) in [5.41, 5.74) is 1.66. The summed E-state index contributed by atoms with van der Waals surface area (Å²) < 4.78 is 34.0. The number of hydrogen-bond donors (Lipinski definition) is 2. The highest BCUT2D eigenvalue weighted by Crippen LogP contribution is 2.23. The van der Waals surface area contributed by atoms with Crippen molar-refractivity contribution in [3.8, 4) is 11.5 Å². The number of anilines is 1. The van der Waals surface area contributed by atoms with Crippen molar-refractivity contribution < 1.29 is 18.3 Å². The standard InChI is InChI=1S/C17H18F2N2O2S/c1-2-22-15-6-4-3-5-14(15)21-17(24)20-11-12-7-9-13(10-8-12)23-16(18)19/h3-10,16H,2,11H2,1H3,(H2,20,21,24). The summed E-state index contributed by atoms with van der Waals surface area (Å²) in [4.78, 5) is 0. The van der Waals surface area contributed by atoms with Gasteiger partial charge in [-0.25, -0.2) is 0 Å². The van der Waals surface area contributed by atoms with Gasteiger partial charge in [0.2, 0.25) is 0 Å². The van der Waals surface area contributed by atoms with Crippen LogP contribution < -0.4 is 20.1 Å². The minimum atomic E-state index is -2.82. The van der Waals surface area contributed by atoms with Crippen LogP contribution in [0.25, 0.3) is 0 Å². The van der Waals surface area contributed by atoms with Gasteiger partial charge in [0.15, 0.2) is 5.11 Å². The molecule has 7 heteroatoms. The molecule has 0 aliphatic heterocycles. The molecule has 2 aromatic carbocycles. The number of rotatable bonds is 7. The molecule has 4 nitrogen and oxygen atoms in total. The topological polar surface area (TPSA) is 42.5 Å². The first-order valence-electron chi connectivity index (χ1n) is 7.39. The van der Waals surface area contributed by atoms with E-state index in [-0.39, 0.29) is 5.75 Å². The quantitative estimate of drug-likeness (QED) is 0.732. The van der Waals surface area contributed by atoms with E-state index in [2.05, 4.69) is 15.4 Å². The number of nitrogens with one attached hydrogen (secondary N) is 2. The van der Waals surface area contributed by atoms with Crippen LogP contribution in [-0.2, 0) is 6.54 Å². The van der Waals surface area contributed by atoms with Gasteiger partial charge >= 0.3 is 6.61 Å². The van der Waals surface area contributed by atoms with Gasteiger partial charge in [0, 0.05) is 6.54 Å². The molecule has 0 bridgehead atoms. The van der Waals surface area contributed by atoms with E-state index in [4.69, 9.17) is 17.0 Å². The normalized spacial score (nSPS) is 10.3. The SMILES string of the molecule is CCOc1ccccc1NC(=S)NCc1ccc(OC(F)F)cc1. The van der Waals surface area contributed by atoms with Crippen molar-refractivity contribution >= 4 is 23.0 Å². The number of alkyl halides is 2. The highest BCUT2D eigenvalue weighted by molar-refractivity contribution is 7.80. The Labute approximate surface area is 144 Å². The molecule has 0 radical (unpaired) electrons. The molecule has 2 rings (SSSR count). The van der Waals surface area contributed by atoms with E-state index in [0.717, 1.165) is 17.0 Å². The molecule has 0 aliphatic rings. The molecule has 0 spiro atoms. The van der Waals surface area contributed by atoms with Crippen molar-refractivity contribution in [1.29, 1.82) is 0 Å². The number of para-hydroxylation sites is 2. The monoisotopic (exact) mass is 352 g/mol. The smallest absolute Gasteiger partial charge is 0.387 e. The van der Waals surface area contributed by atoms with Gasteiger partial charge in [-0.3, -0.25) is 0 Å². The van der Waals surface area contributed by atoms with E-state index in [1.54, 1.807) is 12.1 Å². The second-order valence-corrected chi connectivity index (χ2v) is 5.17. The van der Waals surface area contributed by atoms with E-state index >= 15 is 0 Å². The third-order valence-corrected chi connectivity index (χ3v) is 3.28. The van der Waals surface area contributed by atoms with E-state index < -0.39 is 6.61 Å². The maximum Gasteiger partial charge on any atom is 0.387 e. The molecular weight excluding hydrogens is 334 g/mol. The van der Waals surface area contributed by atoms with Crippen molar-refractivity contribution in [1.82, 2.24) is 5.32 Å². The van der Waals surface area contributed by atoms with Crippen LogP contribution in [0, 0.1) is 0 Å². The molecule has 0 saturated heterocycles. The van der Waals surface area contributed by atoms with Gasteiger partial charge in [0.1, 0.15) is 11.5 Å². The summed E-state index contributed by atoms with van der Waals surface area (Å²) in [6, 6.07) is 13.9. The van der Waals surface area contributed by atoms with Crippen molar-refractivity contribution in [3.63, 3.8) is 0 Å². The molecule has 0 unspecified atom stereocenters. The minimum Gasteiger partial charge on any atom is -0.492 e. The van der Waals surface area contributed by atoms with E-state index in [1.165, 1.54) is 12.1 Å². The van der Waals surface area contributed by atoms with Crippen molar-refractivity contribution in [2.75, 3.05) is 11.9 Å². The summed E-state index contributed by atoms with van der Waals surface area (Å²) in [6.07, 6.45) is 0. The molecule has 0 amide bonds. The zero-order valence-corrected chi connectivity index (χ0v) is 13.9. The van der Waals surface area contributed by atoms with Crippen LogP contribution in [-0.4, -0.2) is 18.3 Å². The Morgan fingerprint density at radius 2 is 1.83 bits per heavy atom. The highest BCUT2D eigenvalue weighted by atomic mass is 32.1. The third kappa shape index (κ3) is 5.66. The molecule has 0 aliphatic carbocycles. The fourth-order valence-corrected chi connectivity index (χ4v) is 2.17. The van der Waals surface area contributed by atoms with Crippen LogP contribution in [0.2, 0.25) is 0 Å². The average Bonchev–Trinajstić information content (AvgIpc) is 2.56. The zero-order chi connectivity index (χ0) is 17.4. The Bertz CT molecular complexity index is 666. The maximum absolute atomic E-state index is 12.1. The zero-order valence-electron chi connectivity index (χ0n) is 13.1. The Morgan fingerprint density at radius 1 is 1.12 bits per heavy atom. The van der Waals surface area contributed by atoms with Crippen LogP contribution >= 0.6 is 12.2 Å². The Balaban J connectivity index is 1.87. The second-order valence-electron chi connectivity index (χ2n) is 4.76. The molecule has 0 atom stereocenters. The van der Waals surface area contributed by atoms with Gasteiger partial charge < -0.3 is 20.1 Å². The molecule has 0 saturated carbocycles. The van der Waals surface area contributed by atoms with Gasteiger partial charge in [-0.1, -0.05) is 24.3 Å². The lowest BCUT2D eigenvalue weighted by molar-refractivity contribution is -0.0498. The predicted octanol–water partition coefficient (Wildman–Crippen LogP) is 4.17. The van der Waals surface area contributed by atoms with Gasteiger partial charge in [-0.2, -0.15) is 8.78 Å². The molecule has 0 fully saturated rings. The summed E-state index contributed by atoms with van der Waals surface area (Å²) in [5, 5.41) is 6.57. The van der Waals surface area contributed by atoms with Gasteiger partial charge in [0.25, 0.3) is 0 Å². The maximum atomic E-state index is 12.1. The van der Waals surface area contributed by atoms with Crippen molar-refractivity contribution in [2.24, 2.45) is 0 Å². The van der Waals surface area contributed by atoms with Gasteiger partial charge in [-0.05, 0) is 49.0 Å². The first kappa shape index (κ1) is 17.9. The molecule has 128 valence electrons. The summed E-state index contributed by atoms with van der Waals surface area (Å²) in [5.74, 6) is 0.845. The molecule has 0 aromatic heterocycles. The van der Waals surface area contributed by atoms with E-state index in [1.807, 2.05) is 31.2 Å². The molecular formula is C17H18F2N2O2S. The first-order chi connectivity index (χ1) is 11.6. The lowest BCUT2D eigenvalue weighted by atomic mass is 10.2.